The maximum Gasteiger partial charge on any atom is 0.408 e. The van der Waals surface area contributed by atoms with Gasteiger partial charge in [-0.15, -0.1) is 0 Å². The van der Waals surface area contributed by atoms with E-state index >= 15 is 0 Å². The fraction of sp³-hybridized carbons (Fsp3) is 0.273. The number of amides is 2. The third kappa shape index (κ3) is 6.47. The molecule has 3 rings (SSSR count). The number of rotatable bonds is 8. The van der Waals surface area contributed by atoms with E-state index in [4.69, 9.17) is 14.3 Å². The molecule has 3 N–H and O–H groups in total. The molecule has 31 heavy (non-hydrogen) atoms. The molecule has 8 nitrogen and oxygen atoms in total. The first-order chi connectivity index (χ1) is 15.0. The molecule has 0 aromatic heterocycles. The number of halogens is 1. The Morgan fingerprint density at radius 1 is 1.13 bits per heavy atom. The van der Waals surface area contributed by atoms with Crippen molar-refractivity contribution in [2.75, 3.05) is 7.11 Å². The molecule has 0 radical (unpaired) electrons. The van der Waals surface area contributed by atoms with Crippen LogP contribution in [-0.2, 0) is 21.0 Å². The molecule has 0 aliphatic carbocycles. The SMILES string of the molecule is COc1ccc(C(NC(=O)[C@H](C)NC(=O)OCc2ccccc2)C2C=C(Br)NO2)cc1. The van der Waals surface area contributed by atoms with Crippen LogP contribution in [0.4, 0.5) is 4.79 Å². The Bertz CT molecular complexity index is 921. The molecule has 3 atom stereocenters. The molecule has 2 aromatic rings. The minimum Gasteiger partial charge on any atom is -0.497 e. The average Bonchev–Trinajstić information content (AvgIpc) is 3.22. The van der Waals surface area contributed by atoms with Gasteiger partial charge in [-0.3, -0.25) is 15.1 Å². The highest BCUT2D eigenvalue weighted by Crippen LogP contribution is 2.27. The lowest BCUT2D eigenvalue weighted by molar-refractivity contribution is -0.124. The van der Waals surface area contributed by atoms with Crippen LogP contribution >= 0.6 is 15.9 Å². The molecule has 0 saturated carbocycles. The molecule has 2 aromatic carbocycles. The Morgan fingerprint density at radius 2 is 1.84 bits per heavy atom. The lowest BCUT2D eigenvalue weighted by atomic mass is 10.0. The van der Waals surface area contributed by atoms with Crippen molar-refractivity contribution >= 4 is 27.9 Å². The van der Waals surface area contributed by atoms with Crippen molar-refractivity contribution in [3.63, 3.8) is 0 Å². The molecule has 9 heteroatoms. The van der Waals surface area contributed by atoms with E-state index < -0.39 is 24.3 Å². The summed E-state index contributed by atoms with van der Waals surface area (Å²) in [5.74, 6) is 0.324. The zero-order valence-electron chi connectivity index (χ0n) is 17.1. The van der Waals surface area contributed by atoms with Gasteiger partial charge < -0.3 is 20.1 Å². The zero-order valence-corrected chi connectivity index (χ0v) is 18.7. The Balaban J connectivity index is 1.61. The highest BCUT2D eigenvalue weighted by molar-refractivity contribution is 9.11. The van der Waals surface area contributed by atoms with E-state index in [0.29, 0.717) is 10.4 Å². The van der Waals surface area contributed by atoms with Crippen molar-refractivity contribution < 1.29 is 23.9 Å². The minimum atomic E-state index is -0.814. The van der Waals surface area contributed by atoms with Crippen LogP contribution in [0.5, 0.6) is 5.75 Å². The van der Waals surface area contributed by atoms with Crippen molar-refractivity contribution in [2.24, 2.45) is 0 Å². The second-order valence-corrected chi connectivity index (χ2v) is 7.74. The molecular weight excluding hydrogens is 466 g/mol. The third-order valence-corrected chi connectivity index (χ3v) is 5.07. The predicted molar refractivity (Wildman–Crippen MR) is 118 cm³/mol. The molecule has 1 aliphatic rings. The molecule has 1 heterocycles. The summed E-state index contributed by atoms with van der Waals surface area (Å²) in [7, 11) is 1.59. The summed E-state index contributed by atoms with van der Waals surface area (Å²) in [4.78, 5) is 30.4. The normalized spacial score (nSPS) is 17.0. The zero-order chi connectivity index (χ0) is 22.2. The van der Waals surface area contributed by atoms with Gasteiger partial charge in [-0.05, 0) is 52.2 Å². The molecule has 0 spiro atoms. The first-order valence-electron chi connectivity index (χ1n) is 9.67. The quantitative estimate of drug-likeness (QED) is 0.492. The predicted octanol–water partition coefficient (Wildman–Crippen LogP) is 3.31. The smallest absolute Gasteiger partial charge is 0.408 e. The number of methoxy groups -OCH3 is 1. The largest absolute Gasteiger partial charge is 0.497 e. The van der Waals surface area contributed by atoms with Crippen LogP contribution in [0, 0.1) is 0 Å². The van der Waals surface area contributed by atoms with Crippen molar-refractivity contribution in [2.45, 2.75) is 31.7 Å². The van der Waals surface area contributed by atoms with E-state index in [1.54, 1.807) is 32.2 Å². The first-order valence-corrected chi connectivity index (χ1v) is 10.5. The lowest BCUT2D eigenvalue weighted by Crippen LogP contribution is -2.48. The van der Waals surface area contributed by atoms with E-state index in [9.17, 15) is 9.59 Å². The third-order valence-electron chi connectivity index (χ3n) is 4.64. The number of hydroxylamine groups is 1. The van der Waals surface area contributed by atoms with Gasteiger partial charge in [0.15, 0.2) is 0 Å². The summed E-state index contributed by atoms with van der Waals surface area (Å²) < 4.78 is 11.0. The van der Waals surface area contributed by atoms with Gasteiger partial charge >= 0.3 is 6.09 Å². The number of benzene rings is 2. The average molecular weight is 490 g/mol. The van der Waals surface area contributed by atoms with E-state index in [1.807, 2.05) is 42.5 Å². The summed E-state index contributed by atoms with van der Waals surface area (Å²) in [5.41, 5.74) is 4.40. The Hall–Kier alpha value is -3.04. The summed E-state index contributed by atoms with van der Waals surface area (Å²) in [6.07, 6.45) is 0.680. The minimum absolute atomic E-state index is 0.121. The number of hydrogen-bond acceptors (Lipinski definition) is 6. The number of nitrogens with one attached hydrogen (secondary N) is 3. The summed E-state index contributed by atoms with van der Waals surface area (Å²) in [6, 6.07) is 15.3. The summed E-state index contributed by atoms with van der Waals surface area (Å²) >= 11 is 3.33. The highest BCUT2D eigenvalue weighted by Gasteiger charge is 2.30. The molecule has 1 aliphatic heterocycles. The number of hydrogen-bond donors (Lipinski definition) is 3. The van der Waals surface area contributed by atoms with Crippen LogP contribution in [-0.4, -0.2) is 31.3 Å². The van der Waals surface area contributed by atoms with Crippen LogP contribution in [0.2, 0.25) is 0 Å². The first kappa shape index (κ1) is 22.6. The second kappa shape index (κ2) is 10.8. The van der Waals surface area contributed by atoms with Gasteiger partial charge in [0.1, 0.15) is 29.1 Å². The van der Waals surface area contributed by atoms with Crippen molar-refractivity contribution in [1.82, 2.24) is 16.1 Å². The molecular formula is C22H24BrN3O5. The van der Waals surface area contributed by atoms with E-state index in [2.05, 4.69) is 32.0 Å². The number of alkyl carbamates (subject to hydrolysis) is 1. The number of carbonyl (C=O) groups is 2. The fourth-order valence-electron chi connectivity index (χ4n) is 2.95. The van der Waals surface area contributed by atoms with Gasteiger partial charge in [0, 0.05) is 0 Å². The lowest BCUT2D eigenvalue weighted by Gasteiger charge is -2.25. The number of carbonyl (C=O) groups excluding carboxylic acids is 2. The van der Waals surface area contributed by atoms with E-state index in [0.717, 1.165) is 11.1 Å². The Labute approximate surface area is 189 Å². The van der Waals surface area contributed by atoms with Gasteiger partial charge in [0.25, 0.3) is 0 Å². The molecule has 0 fully saturated rings. The monoisotopic (exact) mass is 489 g/mol. The highest BCUT2D eigenvalue weighted by atomic mass is 79.9. The number of ether oxygens (including phenoxy) is 2. The van der Waals surface area contributed by atoms with Crippen molar-refractivity contribution in [3.8, 4) is 5.75 Å². The summed E-state index contributed by atoms with van der Waals surface area (Å²) in [5, 5.41) is 5.48. The van der Waals surface area contributed by atoms with E-state index in [1.165, 1.54) is 0 Å². The maximum atomic E-state index is 12.8. The second-order valence-electron chi connectivity index (χ2n) is 6.89. The molecule has 0 bridgehead atoms. The van der Waals surface area contributed by atoms with Crippen LogP contribution in [0.15, 0.2) is 65.3 Å². The fourth-order valence-corrected chi connectivity index (χ4v) is 3.31. The topological polar surface area (TPSA) is 97.9 Å². The van der Waals surface area contributed by atoms with Crippen LogP contribution in [0.25, 0.3) is 0 Å². The van der Waals surface area contributed by atoms with Crippen LogP contribution in [0.3, 0.4) is 0 Å². The van der Waals surface area contributed by atoms with Gasteiger partial charge in [0.2, 0.25) is 5.91 Å². The van der Waals surface area contributed by atoms with Crippen molar-refractivity contribution in [3.05, 3.63) is 76.4 Å². The Morgan fingerprint density at radius 3 is 2.45 bits per heavy atom. The van der Waals surface area contributed by atoms with Crippen LogP contribution in [0.1, 0.15) is 24.1 Å². The van der Waals surface area contributed by atoms with Gasteiger partial charge in [-0.25, -0.2) is 4.79 Å². The molecule has 0 saturated heterocycles. The maximum absolute atomic E-state index is 12.8. The van der Waals surface area contributed by atoms with Gasteiger partial charge in [0.05, 0.1) is 13.2 Å². The Kier molecular flexibility index (Phi) is 7.91. The summed E-state index contributed by atoms with van der Waals surface area (Å²) in [6.45, 7) is 1.71. The van der Waals surface area contributed by atoms with Crippen molar-refractivity contribution in [1.29, 1.82) is 0 Å². The van der Waals surface area contributed by atoms with E-state index in [-0.39, 0.29) is 12.5 Å². The molecule has 2 amide bonds. The van der Waals surface area contributed by atoms with Gasteiger partial charge in [-0.1, -0.05) is 42.5 Å². The molecule has 164 valence electrons. The van der Waals surface area contributed by atoms with Gasteiger partial charge in [-0.2, -0.15) is 0 Å². The van der Waals surface area contributed by atoms with Crippen LogP contribution < -0.4 is 20.9 Å². The standard InChI is InChI=1S/C22H24BrN3O5/c1-14(24-22(28)30-13-15-6-4-3-5-7-15)21(27)25-20(18-12-19(23)26-31-18)16-8-10-17(29-2)11-9-16/h3-12,14,18,20,26H,13H2,1-2H3,(H,24,28)(H,25,27)/t14-,18?,20?/m0/s1. The molecule has 2 unspecified atom stereocenters.